The Labute approximate surface area is 104 Å². The predicted molar refractivity (Wildman–Crippen MR) is 71.0 cm³/mol. The minimum atomic E-state index is 0.390. The zero-order chi connectivity index (χ0) is 11.5. The lowest BCUT2D eigenvalue weighted by Crippen LogP contribution is -2.04. The highest BCUT2D eigenvalue weighted by Crippen LogP contribution is 2.28. The Bertz CT molecular complexity index is 422. The fraction of sp³-hybridized carbons (Fsp3) is 0.364. The van der Waals surface area contributed by atoms with Crippen molar-refractivity contribution in [1.29, 1.82) is 0 Å². The Morgan fingerprint density at radius 2 is 2.38 bits per heavy atom. The maximum Gasteiger partial charge on any atom is 0.161 e. The van der Waals surface area contributed by atoms with Crippen LogP contribution in [-0.2, 0) is 0 Å². The molecule has 1 aliphatic heterocycles. The predicted octanol–water partition coefficient (Wildman–Crippen LogP) is 3.25. The first-order chi connectivity index (χ1) is 7.69. The number of methoxy groups -OCH3 is 1. The molecule has 0 fully saturated rings. The second-order valence-electron chi connectivity index (χ2n) is 3.57. The lowest BCUT2D eigenvalue weighted by molar-refractivity contribution is 0.415. The normalized spacial score (nSPS) is 19.4. The summed E-state index contributed by atoms with van der Waals surface area (Å²) in [4.78, 5) is 4.45. The Morgan fingerprint density at radius 3 is 2.94 bits per heavy atom. The van der Waals surface area contributed by atoms with E-state index in [1.54, 1.807) is 18.9 Å². The van der Waals surface area contributed by atoms with Crippen LogP contribution in [0, 0.1) is 0 Å². The molecule has 3 nitrogen and oxygen atoms in total. The SMILES string of the molecule is COc1ccc(NC2=NC(C)CS2)cc1Cl. The molecule has 1 aromatic carbocycles. The Balaban J connectivity index is 2.11. The van der Waals surface area contributed by atoms with Crippen LogP contribution < -0.4 is 10.1 Å². The van der Waals surface area contributed by atoms with Gasteiger partial charge in [-0.15, -0.1) is 0 Å². The van der Waals surface area contributed by atoms with Crippen LogP contribution in [0.25, 0.3) is 0 Å². The zero-order valence-electron chi connectivity index (χ0n) is 9.16. The summed E-state index contributed by atoms with van der Waals surface area (Å²) in [7, 11) is 1.60. The number of amidine groups is 1. The van der Waals surface area contributed by atoms with Gasteiger partial charge in [0.05, 0.1) is 18.2 Å². The van der Waals surface area contributed by atoms with E-state index < -0.39 is 0 Å². The third-order valence-electron chi connectivity index (χ3n) is 2.20. The van der Waals surface area contributed by atoms with Gasteiger partial charge in [0.1, 0.15) is 5.75 Å². The Morgan fingerprint density at radius 1 is 1.56 bits per heavy atom. The average molecular weight is 257 g/mol. The maximum atomic E-state index is 6.03. The number of aliphatic imine (C=N–C) groups is 1. The van der Waals surface area contributed by atoms with E-state index in [1.807, 2.05) is 18.2 Å². The minimum Gasteiger partial charge on any atom is -0.495 e. The van der Waals surface area contributed by atoms with E-state index in [1.165, 1.54) is 0 Å². The molecule has 5 heteroatoms. The van der Waals surface area contributed by atoms with Crippen LogP contribution in [0.1, 0.15) is 6.92 Å². The smallest absolute Gasteiger partial charge is 0.161 e. The van der Waals surface area contributed by atoms with Crippen LogP contribution >= 0.6 is 23.4 Å². The molecule has 1 N–H and O–H groups in total. The van der Waals surface area contributed by atoms with E-state index in [0.29, 0.717) is 16.8 Å². The zero-order valence-corrected chi connectivity index (χ0v) is 10.7. The molecule has 86 valence electrons. The lowest BCUT2D eigenvalue weighted by atomic mass is 10.3. The van der Waals surface area contributed by atoms with E-state index in [9.17, 15) is 0 Å². The summed E-state index contributed by atoms with van der Waals surface area (Å²) in [5.74, 6) is 1.72. The van der Waals surface area contributed by atoms with E-state index in [4.69, 9.17) is 16.3 Å². The van der Waals surface area contributed by atoms with Crippen LogP contribution in [0.4, 0.5) is 5.69 Å². The minimum absolute atomic E-state index is 0.390. The molecular weight excluding hydrogens is 244 g/mol. The first-order valence-corrected chi connectivity index (χ1v) is 6.36. The monoisotopic (exact) mass is 256 g/mol. The summed E-state index contributed by atoms with van der Waals surface area (Å²) in [5, 5.41) is 4.79. The van der Waals surface area contributed by atoms with Gasteiger partial charge in [-0.05, 0) is 25.1 Å². The molecule has 0 aromatic heterocycles. The van der Waals surface area contributed by atoms with Crippen molar-refractivity contribution in [3.05, 3.63) is 23.2 Å². The number of ether oxygens (including phenoxy) is 1. The van der Waals surface area contributed by atoms with Crippen molar-refractivity contribution in [3.63, 3.8) is 0 Å². The quantitative estimate of drug-likeness (QED) is 0.882. The van der Waals surface area contributed by atoms with Crippen molar-refractivity contribution in [2.75, 3.05) is 18.2 Å². The van der Waals surface area contributed by atoms with Gasteiger partial charge in [-0.1, -0.05) is 23.4 Å². The van der Waals surface area contributed by atoms with Crippen molar-refractivity contribution < 1.29 is 4.74 Å². The molecule has 0 aliphatic carbocycles. The highest BCUT2D eigenvalue weighted by molar-refractivity contribution is 8.14. The lowest BCUT2D eigenvalue weighted by Gasteiger charge is -2.07. The summed E-state index contributed by atoms with van der Waals surface area (Å²) in [5.41, 5.74) is 0.936. The molecule has 1 atom stereocenters. The van der Waals surface area contributed by atoms with Gasteiger partial charge in [-0.25, -0.2) is 0 Å². The number of anilines is 1. The molecule has 16 heavy (non-hydrogen) atoms. The van der Waals surface area contributed by atoms with Gasteiger partial charge in [0.15, 0.2) is 5.17 Å². The topological polar surface area (TPSA) is 33.6 Å². The van der Waals surface area contributed by atoms with Gasteiger partial charge in [0, 0.05) is 11.4 Å². The van der Waals surface area contributed by atoms with Gasteiger partial charge in [-0.2, -0.15) is 0 Å². The van der Waals surface area contributed by atoms with E-state index >= 15 is 0 Å². The van der Waals surface area contributed by atoms with Gasteiger partial charge in [0.25, 0.3) is 0 Å². The first-order valence-electron chi connectivity index (χ1n) is 5.00. The van der Waals surface area contributed by atoms with Crippen LogP contribution in [0.3, 0.4) is 0 Å². The average Bonchev–Trinajstić information content (AvgIpc) is 2.64. The number of hydrogen-bond donors (Lipinski definition) is 1. The van der Waals surface area contributed by atoms with E-state index in [0.717, 1.165) is 16.6 Å². The molecule has 0 radical (unpaired) electrons. The molecule has 0 saturated heterocycles. The third-order valence-corrected chi connectivity index (χ3v) is 3.63. The van der Waals surface area contributed by atoms with Crippen LogP contribution in [-0.4, -0.2) is 24.1 Å². The van der Waals surface area contributed by atoms with Crippen molar-refractivity contribution in [1.82, 2.24) is 0 Å². The largest absolute Gasteiger partial charge is 0.495 e. The fourth-order valence-corrected chi connectivity index (χ4v) is 2.59. The highest BCUT2D eigenvalue weighted by atomic mass is 35.5. The first kappa shape index (κ1) is 11.6. The molecule has 1 heterocycles. The molecule has 1 aliphatic rings. The summed E-state index contributed by atoms with van der Waals surface area (Å²) in [6.07, 6.45) is 0. The number of nitrogens with zero attached hydrogens (tertiary/aromatic N) is 1. The van der Waals surface area contributed by atoms with Gasteiger partial charge < -0.3 is 10.1 Å². The van der Waals surface area contributed by atoms with Crippen molar-refractivity contribution >= 4 is 34.2 Å². The van der Waals surface area contributed by atoms with Crippen molar-refractivity contribution in [2.24, 2.45) is 4.99 Å². The summed E-state index contributed by atoms with van der Waals surface area (Å²) in [6.45, 7) is 2.10. The molecule has 1 unspecified atom stereocenters. The molecule has 1 aromatic rings. The fourth-order valence-electron chi connectivity index (χ4n) is 1.41. The van der Waals surface area contributed by atoms with Crippen molar-refractivity contribution in [2.45, 2.75) is 13.0 Å². The number of hydrogen-bond acceptors (Lipinski definition) is 4. The van der Waals surface area contributed by atoms with Crippen LogP contribution in [0.2, 0.25) is 5.02 Å². The molecule has 0 spiro atoms. The molecule has 0 saturated carbocycles. The molecule has 2 rings (SSSR count). The van der Waals surface area contributed by atoms with Crippen molar-refractivity contribution in [3.8, 4) is 5.75 Å². The second-order valence-corrected chi connectivity index (χ2v) is 4.98. The molecule has 0 amide bonds. The van der Waals surface area contributed by atoms with Gasteiger partial charge >= 0.3 is 0 Å². The number of rotatable bonds is 2. The Kier molecular flexibility index (Phi) is 3.61. The maximum absolute atomic E-state index is 6.03. The van der Waals surface area contributed by atoms with E-state index in [2.05, 4.69) is 17.2 Å². The molecular formula is C11H13ClN2OS. The Hall–Kier alpha value is -0.870. The van der Waals surface area contributed by atoms with E-state index in [-0.39, 0.29) is 0 Å². The van der Waals surface area contributed by atoms with Gasteiger partial charge in [-0.3, -0.25) is 4.99 Å². The highest BCUT2D eigenvalue weighted by Gasteiger charge is 2.14. The molecule has 0 bridgehead atoms. The number of benzene rings is 1. The van der Waals surface area contributed by atoms with Crippen LogP contribution in [0.5, 0.6) is 5.75 Å². The summed E-state index contributed by atoms with van der Waals surface area (Å²) in [6, 6.07) is 6.00. The summed E-state index contributed by atoms with van der Waals surface area (Å²) >= 11 is 7.76. The van der Waals surface area contributed by atoms with Gasteiger partial charge in [0.2, 0.25) is 0 Å². The second kappa shape index (κ2) is 4.97. The number of nitrogens with one attached hydrogen (secondary N) is 1. The third kappa shape index (κ3) is 2.62. The number of thioether (sulfide) groups is 1. The number of halogens is 1. The van der Waals surface area contributed by atoms with Crippen LogP contribution in [0.15, 0.2) is 23.2 Å². The summed E-state index contributed by atoms with van der Waals surface area (Å²) < 4.78 is 5.09. The standard InChI is InChI=1S/C11H13ClN2OS/c1-7-6-16-11(13-7)14-8-3-4-10(15-2)9(12)5-8/h3-5,7H,6H2,1-2H3,(H,13,14).